The molecule has 3 rings (SSSR count). The molecule has 0 aliphatic carbocycles. The van der Waals surface area contributed by atoms with Gasteiger partial charge in [-0.1, -0.05) is 35.9 Å². The Morgan fingerprint density at radius 3 is 2.92 bits per heavy atom. The van der Waals surface area contributed by atoms with Crippen LogP contribution in [0.5, 0.6) is 0 Å². The molecular formula is C19H20ClFN2O2. The van der Waals surface area contributed by atoms with Crippen molar-refractivity contribution in [3.05, 3.63) is 64.9 Å². The molecule has 0 saturated carbocycles. The first-order valence-corrected chi connectivity index (χ1v) is 8.66. The molecule has 0 radical (unpaired) electrons. The van der Waals surface area contributed by atoms with Crippen molar-refractivity contribution in [3.63, 3.8) is 0 Å². The van der Waals surface area contributed by atoms with E-state index >= 15 is 0 Å². The SMILES string of the molecule is O=C(Nc1cccc(Cl)c1)N1CCCC(OCc2ccccc2F)C1. The Morgan fingerprint density at radius 2 is 2.12 bits per heavy atom. The van der Waals surface area contributed by atoms with Crippen LogP contribution in [0.3, 0.4) is 0 Å². The Balaban J connectivity index is 1.53. The van der Waals surface area contributed by atoms with Gasteiger partial charge < -0.3 is 15.0 Å². The van der Waals surface area contributed by atoms with E-state index in [1.807, 2.05) is 0 Å². The topological polar surface area (TPSA) is 41.6 Å². The van der Waals surface area contributed by atoms with E-state index in [1.54, 1.807) is 47.4 Å². The van der Waals surface area contributed by atoms with Crippen LogP contribution in [-0.2, 0) is 11.3 Å². The number of benzene rings is 2. The van der Waals surface area contributed by atoms with E-state index in [-0.39, 0.29) is 24.6 Å². The van der Waals surface area contributed by atoms with Gasteiger partial charge in [-0.15, -0.1) is 0 Å². The van der Waals surface area contributed by atoms with Crippen molar-refractivity contribution < 1.29 is 13.9 Å². The normalized spacial score (nSPS) is 17.4. The van der Waals surface area contributed by atoms with Gasteiger partial charge in [0, 0.05) is 29.4 Å². The van der Waals surface area contributed by atoms with Crippen LogP contribution in [0.25, 0.3) is 0 Å². The van der Waals surface area contributed by atoms with E-state index in [1.165, 1.54) is 6.07 Å². The molecule has 4 nitrogen and oxygen atoms in total. The average molecular weight is 363 g/mol. The van der Waals surface area contributed by atoms with Crippen molar-refractivity contribution in [2.45, 2.75) is 25.6 Å². The zero-order valence-corrected chi connectivity index (χ0v) is 14.5. The molecule has 6 heteroatoms. The lowest BCUT2D eigenvalue weighted by atomic mass is 10.1. The van der Waals surface area contributed by atoms with E-state index in [0.717, 1.165) is 12.8 Å². The molecule has 0 spiro atoms. The van der Waals surface area contributed by atoms with Gasteiger partial charge in [-0.25, -0.2) is 9.18 Å². The van der Waals surface area contributed by atoms with Gasteiger partial charge in [0.25, 0.3) is 0 Å². The lowest BCUT2D eigenvalue weighted by Gasteiger charge is -2.32. The monoisotopic (exact) mass is 362 g/mol. The molecule has 1 atom stereocenters. The summed E-state index contributed by atoms with van der Waals surface area (Å²) in [6, 6.07) is 13.4. The Bertz CT molecular complexity index is 741. The molecule has 2 aromatic carbocycles. The first-order valence-electron chi connectivity index (χ1n) is 8.28. The minimum absolute atomic E-state index is 0.0986. The second-order valence-corrected chi connectivity index (χ2v) is 6.49. The van der Waals surface area contributed by atoms with Gasteiger partial charge in [-0.3, -0.25) is 0 Å². The predicted molar refractivity (Wildman–Crippen MR) is 96.3 cm³/mol. The third-order valence-corrected chi connectivity index (χ3v) is 4.41. The number of piperidine rings is 1. The van der Waals surface area contributed by atoms with E-state index < -0.39 is 0 Å². The number of ether oxygens (including phenoxy) is 1. The zero-order valence-electron chi connectivity index (χ0n) is 13.8. The van der Waals surface area contributed by atoms with Crippen LogP contribution in [0.4, 0.5) is 14.9 Å². The molecule has 0 bridgehead atoms. The fourth-order valence-electron chi connectivity index (χ4n) is 2.85. The minimum atomic E-state index is -0.270. The van der Waals surface area contributed by atoms with E-state index in [4.69, 9.17) is 16.3 Å². The number of likely N-dealkylation sites (tertiary alicyclic amines) is 1. The summed E-state index contributed by atoms with van der Waals surface area (Å²) in [5.74, 6) is -0.270. The van der Waals surface area contributed by atoms with E-state index in [0.29, 0.717) is 29.4 Å². The first-order chi connectivity index (χ1) is 12.1. The van der Waals surface area contributed by atoms with Crippen molar-refractivity contribution in [1.82, 2.24) is 4.90 Å². The van der Waals surface area contributed by atoms with Crippen molar-refractivity contribution in [1.29, 1.82) is 0 Å². The van der Waals surface area contributed by atoms with Gasteiger partial charge in [0.15, 0.2) is 0 Å². The van der Waals surface area contributed by atoms with E-state index in [9.17, 15) is 9.18 Å². The van der Waals surface area contributed by atoms with Crippen LogP contribution < -0.4 is 5.32 Å². The number of rotatable bonds is 4. The molecule has 1 aliphatic heterocycles. The van der Waals surface area contributed by atoms with Crippen molar-refractivity contribution in [2.24, 2.45) is 0 Å². The summed E-state index contributed by atoms with van der Waals surface area (Å²) in [6.45, 7) is 1.37. The fraction of sp³-hybridized carbons (Fsp3) is 0.316. The number of halogens is 2. The maximum atomic E-state index is 13.7. The van der Waals surface area contributed by atoms with Gasteiger partial charge in [-0.05, 0) is 37.1 Å². The molecule has 25 heavy (non-hydrogen) atoms. The molecule has 2 amide bonds. The maximum Gasteiger partial charge on any atom is 0.321 e. The molecule has 132 valence electrons. The Hall–Kier alpha value is -2.11. The zero-order chi connectivity index (χ0) is 17.6. The van der Waals surface area contributed by atoms with Crippen LogP contribution in [0.2, 0.25) is 5.02 Å². The Kier molecular flexibility index (Phi) is 5.89. The lowest BCUT2D eigenvalue weighted by molar-refractivity contribution is -0.0000421. The summed E-state index contributed by atoms with van der Waals surface area (Å²) in [5, 5.41) is 3.41. The van der Waals surface area contributed by atoms with Crippen LogP contribution in [0.15, 0.2) is 48.5 Å². The molecule has 1 aliphatic rings. The average Bonchev–Trinajstić information content (AvgIpc) is 2.61. The molecular weight excluding hydrogens is 343 g/mol. The first kappa shape index (κ1) is 17.7. The number of amides is 2. The van der Waals surface area contributed by atoms with Gasteiger partial charge in [-0.2, -0.15) is 0 Å². The number of urea groups is 1. The van der Waals surface area contributed by atoms with Crippen molar-refractivity contribution >= 4 is 23.3 Å². The minimum Gasteiger partial charge on any atom is -0.372 e. The third kappa shape index (κ3) is 4.94. The second kappa shape index (κ2) is 8.32. The maximum absolute atomic E-state index is 13.7. The number of nitrogens with one attached hydrogen (secondary N) is 1. The summed E-state index contributed by atoms with van der Waals surface area (Å²) in [5.41, 5.74) is 1.19. The number of carbonyl (C=O) groups is 1. The number of nitrogens with zero attached hydrogens (tertiary/aromatic N) is 1. The highest BCUT2D eigenvalue weighted by atomic mass is 35.5. The second-order valence-electron chi connectivity index (χ2n) is 6.05. The van der Waals surface area contributed by atoms with Crippen LogP contribution in [0.1, 0.15) is 18.4 Å². The fourth-order valence-corrected chi connectivity index (χ4v) is 3.04. The summed E-state index contributed by atoms with van der Waals surface area (Å²) in [4.78, 5) is 14.1. The van der Waals surface area contributed by atoms with Gasteiger partial charge in [0.05, 0.1) is 12.7 Å². The summed E-state index contributed by atoms with van der Waals surface area (Å²) >= 11 is 5.93. The standard InChI is InChI=1S/C19H20ClFN2O2/c20-15-6-3-7-16(11-15)22-19(24)23-10-4-8-17(12-23)25-13-14-5-1-2-9-18(14)21/h1-3,5-7,9,11,17H,4,8,10,12-13H2,(H,22,24). The summed E-state index contributed by atoms with van der Waals surface area (Å²) in [6.07, 6.45) is 1.61. The van der Waals surface area contributed by atoms with Crippen molar-refractivity contribution in [2.75, 3.05) is 18.4 Å². The quantitative estimate of drug-likeness (QED) is 0.857. The molecule has 1 saturated heterocycles. The molecule has 1 fully saturated rings. The van der Waals surface area contributed by atoms with Crippen LogP contribution in [0, 0.1) is 5.82 Å². The number of hydrogen-bond donors (Lipinski definition) is 1. The molecule has 1 heterocycles. The molecule has 0 aromatic heterocycles. The van der Waals surface area contributed by atoms with Gasteiger partial charge in [0.1, 0.15) is 5.82 Å². The third-order valence-electron chi connectivity index (χ3n) is 4.17. The highest BCUT2D eigenvalue weighted by molar-refractivity contribution is 6.30. The van der Waals surface area contributed by atoms with E-state index in [2.05, 4.69) is 5.32 Å². The highest BCUT2D eigenvalue weighted by Crippen LogP contribution is 2.19. The van der Waals surface area contributed by atoms with Gasteiger partial charge >= 0.3 is 6.03 Å². The largest absolute Gasteiger partial charge is 0.372 e. The number of anilines is 1. The lowest BCUT2D eigenvalue weighted by Crippen LogP contribution is -2.45. The van der Waals surface area contributed by atoms with Crippen LogP contribution in [-0.4, -0.2) is 30.1 Å². The molecule has 1 unspecified atom stereocenters. The van der Waals surface area contributed by atoms with Crippen molar-refractivity contribution in [3.8, 4) is 0 Å². The summed E-state index contributed by atoms with van der Waals surface area (Å²) < 4.78 is 19.5. The number of carbonyl (C=O) groups excluding carboxylic acids is 1. The predicted octanol–water partition coefficient (Wildman–Crippen LogP) is 4.69. The van der Waals surface area contributed by atoms with Gasteiger partial charge in [0.2, 0.25) is 0 Å². The summed E-state index contributed by atoms with van der Waals surface area (Å²) in [7, 11) is 0. The molecule has 1 N–H and O–H groups in total. The smallest absolute Gasteiger partial charge is 0.321 e. The number of hydrogen-bond acceptors (Lipinski definition) is 2. The molecule has 2 aromatic rings. The van der Waals surface area contributed by atoms with Crippen LogP contribution >= 0.6 is 11.6 Å². The highest BCUT2D eigenvalue weighted by Gasteiger charge is 2.24. The Labute approximate surface area is 151 Å². The Morgan fingerprint density at radius 1 is 1.28 bits per heavy atom.